The van der Waals surface area contributed by atoms with Crippen molar-refractivity contribution in [3.63, 3.8) is 0 Å². The molecule has 0 N–H and O–H groups in total. The Balaban J connectivity index is 1.70. The van der Waals surface area contributed by atoms with Crippen molar-refractivity contribution in [1.82, 2.24) is 0 Å². The molecule has 0 aliphatic heterocycles. The number of carbonyl (C=O) groups is 2. The number of hydrogen-bond acceptors (Lipinski definition) is 7. The summed E-state index contributed by atoms with van der Waals surface area (Å²) in [5.41, 5.74) is 2.82. The van der Waals surface area contributed by atoms with E-state index in [9.17, 15) is 14.4 Å². The molecule has 0 saturated heterocycles. The molecular formula is C22H20O7. The van der Waals surface area contributed by atoms with E-state index in [4.69, 9.17) is 18.6 Å². The second kappa shape index (κ2) is 8.60. The molecule has 0 saturated carbocycles. The van der Waals surface area contributed by atoms with Crippen LogP contribution in [0.3, 0.4) is 0 Å². The molecule has 3 aromatic rings. The molecule has 1 heterocycles. The molecule has 0 radical (unpaired) electrons. The number of fused-ring (bicyclic) bond motifs is 1. The lowest BCUT2D eigenvalue weighted by molar-refractivity contribution is -0.147. The van der Waals surface area contributed by atoms with E-state index in [0.29, 0.717) is 39.9 Å². The fraction of sp³-hybridized carbons (Fsp3) is 0.227. The zero-order valence-corrected chi connectivity index (χ0v) is 16.3. The normalized spacial score (nSPS) is 10.6. The summed E-state index contributed by atoms with van der Waals surface area (Å²) in [4.78, 5) is 34.8. The Kier molecular flexibility index (Phi) is 5.97. The third-order valence-corrected chi connectivity index (χ3v) is 4.58. The zero-order chi connectivity index (χ0) is 21.0. The van der Waals surface area contributed by atoms with E-state index in [-0.39, 0.29) is 13.2 Å². The van der Waals surface area contributed by atoms with Crippen LogP contribution in [-0.4, -0.2) is 26.0 Å². The van der Waals surface area contributed by atoms with Crippen molar-refractivity contribution in [2.24, 2.45) is 0 Å². The summed E-state index contributed by atoms with van der Waals surface area (Å²) in [7, 11) is 1.44. The van der Waals surface area contributed by atoms with Gasteiger partial charge in [0.25, 0.3) is 0 Å². The number of aldehydes is 1. The Morgan fingerprint density at radius 3 is 2.62 bits per heavy atom. The Morgan fingerprint density at radius 1 is 1.10 bits per heavy atom. The number of rotatable bonds is 7. The van der Waals surface area contributed by atoms with Gasteiger partial charge in [-0.2, -0.15) is 0 Å². The van der Waals surface area contributed by atoms with Crippen molar-refractivity contribution in [1.29, 1.82) is 0 Å². The average molecular weight is 396 g/mol. The van der Waals surface area contributed by atoms with Gasteiger partial charge in [-0.25, -0.2) is 9.59 Å². The molecule has 0 amide bonds. The highest BCUT2D eigenvalue weighted by molar-refractivity contribution is 5.84. The molecule has 7 nitrogen and oxygen atoms in total. The lowest BCUT2D eigenvalue weighted by Crippen LogP contribution is -2.16. The van der Waals surface area contributed by atoms with Gasteiger partial charge in [-0.3, -0.25) is 4.79 Å². The van der Waals surface area contributed by atoms with E-state index in [1.165, 1.54) is 25.3 Å². The lowest BCUT2D eigenvalue weighted by atomic mass is 10.0. The molecule has 0 fully saturated rings. The number of carbonyl (C=O) groups excluding carboxylic acids is 2. The minimum absolute atomic E-state index is 0.0893. The summed E-state index contributed by atoms with van der Waals surface area (Å²) in [5.74, 6) is 0.0311. The maximum absolute atomic E-state index is 12.1. The van der Waals surface area contributed by atoms with Gasteiger partial charge >= 0.3 is 11.6 Å². The third kappa shape index (κ3) is 4.45. The molecule has 0 bridgehead atoms. The van der Waals surface area contributed by atoms with Gasteiger partial charge in [0.05, 0.1) is 7.11 Å². The van der Waals surface area contributed by atoms with Gasteiger partial charge in [0, 0.05) is 22.6 Å². The summed E-state index contributed by atoms with van der Waals surface area (Å²) >= 11 is 0. The van der Waals surface area contributed by atoms with Crippen molar-refractivity contribution in [3.05, 3.63) is 69.1 Å². The number of methoxy groups -OCH3 is 1. The average Bonchev–Trinajstić information content (AvgIpc) is 2.73. The molecule has 1 aromatic heterocycles. The Bertz CT molecular complexity index is 1130. The highest BCUT2D eigenvalue weighted by Crippen LogP contribution is 2.27. The monoisotopic (exact) mass is 396 g/mol. The number of aryl methyl sites for hydroxylation is 2. The van der Waals surface area contributed by atoms with E-state index in [2.05, 4.69) is 0 Å². The lowest BCUT2D eigenvalue weighted by Gasteiger charge is -2.12. The first-order valence-corrected chi connectivity index (χ1v) is 8.87. The quantitative estimate of drug-likeness (QED) is 0.343. The van der Waals surface area contributed by atoms with E-state index in [0.717, 1.165) is 11.1 Å². The first kappa shape index (κ1) is 20.1. The molecule has 2 aromatic carbocycles. The van der Waals surface area contributed by atoms with Crippen LogP contribution in [-0.2, 0) is 16.1 Å². The van der Waals surface area contributed by atoms with Crippen LogP contribution < -0.4 is 15.1 Å². The fourth-order valence-corrected chi connectivity index (χ4v) is 2.86. The zero-order valence-electron chi connectivity index (χ0n) is 16.3. The molecule has 0 unspecified atom stereocenters. The van der Waals surface area contributed by atoms with Crippen LogP contribution in [0, 0.1) is 13.8 Å². The van der Waals surface area contributed by atoms with Gasteiger partial charge in [-0.05, 0) is 43.2 Å². The van der Waals surface area contributed by atoms with E-state index in [1.807, 2.05) is 26.0 Å². The van der Waals surface area contributed by atoms with Gasteiger partial charge in [0.15, 0.2) is 18.1 Å². The summed E-state index contributed by atoms with van der Waals surface area (Å²) in [6.45, 7) is 3.35. The molecule has 0 spiro atoms. The minimum atomic E-state index is -0.614. The van der Waals surface area contributed by atoms with Crippen molar-refractivity contribution in [3.8, 4) is 11.5 Å². The highest BCUT2D eigenvalue weighted by atomic mass is 16.6. The predicted octanol–water partition coefficient (Wildman–Crippen LogP) is 3.35. The molecule has 0 aliphatic rings. The van der Waals surface area contributed by atoms with E-state index < -0.39 is 11.6 Å². The Labute approximate surface area is 166 Å². The number of hydrogen-bond donors (Lipinski definition) is 0. The van der Waals surface area contributed by atoms with Crippen molar-refractivity contribution in [2.45, 2.75) is 20.5 Å². The molecule has 0 atom stereocenters. The summed E-state index contributed by atoms with van der Waals surface area (Å²) in [6.07, 6.45) is 0.685. The molecule has 0 aliphatic carbocycles. The van der Waals surface area contributed by atoms with E-state index >= 15 is 0 Å². The second-order valence-electron chi connectivity index (χ2n) is 6.45. The predicted molar refractivity (Wildman–Crippen MR) is 106 cm³/mol. The van der Waals surface area contributed by atoms with Crippen molar-refractivity contribution >= 4 is 23.2 Å². The van der Waals surface area contributed by atoms with Gasteiger partial charge in [-0.15, -0.1) is 0 Å². The third-order valence-electron chi connectivity index (χ3n) is 4.58. The maximum atomic E-state index is 12.1. The maximum Gasteiger partial charge on any atom is 0.344 e. The van der Waals surface area contributed by atoms with E-state index in [1.54, 1.807) is 6.07 Å². The summed E-state index contributed by atoms with van der Waals surface area (Å²) in [6, 6.07) is 9.66. The standard InChI is InChI=1S/C22H20O7/c1-13-4-6-17-16(9-20(24)29-22(17)14(13)2)11-28-21(25)12-27-18-7-5-15(10-23)8-19(18)26-3/h4-10H,11-12H2,1-3H3. The molecule has 150 valence electrons. The van der Waals surface area contributed by atoms with Gasteiger partial charge < -0.3 is 18.6 Å². The van der Waals surface area contributed by atoms with Crippen LogP contribution in [0.15, 0.2) is 45.6 Å². The molecule has 7 heteroatoms. The van der Waals surface area contributed by atoms with Crippen LogP contribution in [0.2, 0.25) is 0 Å². The van der Waals surface area contributed by atoms with Crippen LogP contribution in [0.4, 0.5) is 0 Å². The van der Waals surface area contributed by atoms with Crippen LogP contribution >= 0.6 is 0 Å². The van der Waals surface area contributed by atoms with Crippen molar-refractivity contribution in [2.75, 3.05) is 13.7 Å². The molecule has 29 heavy (non-hydrogen) atoms. The van der Waals surface area contributed by atoms with Crippen LogP contribution in [0.1, 0.15) is 27.0 Å². The highest BCUT2D eigenvalue weighted by Gasteiger charge is 2.13. The van der Waals surface area contributed by atoms with Gasteiger partial charge in [0.1, 0.15) is 18.5 Å². The van der Waals surface area contributed by atoms with Gasteiger partial charge in [0.2, 0.25) is 0 Å². The smallest absolute Gasteiger partial charge is 0.344 e. The topological polar surface area (TPSA) is 92.0 Å². The fourth-order valence-electron chi connectivity index (χ4n) is 2.86. The number of esters is 1. The Morgan fingerprint density at radius 2 is 1.90 bits per heavy atom. The first-order chi connectivity index (χ1) is 13.9. The summed E-state index contributed by atoms with van der Waals surface area (Å²) < 4.78 is 21.1. The minimum Gasteiger partial charge on any atom is -0.493 e. The largest absolute Gasteiger partial charge is 0.493 e. The first-order valence-electron chi connectivity index (χ1n) is 8.87. The second-order valence-corrected chi connectivity index (χ2v) is 6.45. The Hall–Kier alpha value is -3.61. The molecule has 3 rings (SSSR count). The number of benzene rings is 2. The van der Waals surface area contributed by atoms with Crippen LogP contribution in [0.5, 0.6) is 11.5 Å². The summed E-state index contributed by atoms with van der Waals surface area (Å²) in [5, 5.41) is 0.715. The van der Waals surface area contributed by atoms with Crippen LogP contribution in [0.25, 0.3) is 11.0 Å². The van der Waals surface area contributed by atoms with Crippen molar-refractivity contribution < 1.29 is 28.2 Å². The molecular weight excluding hydrogens is 376 g/mol. The van der Waals surface area contributed by atoms with Gasteiger partial charge in [-0.1, -0.05) is 12.1 Å². The SMILES string of the molecule is COc1cc(C=O)ccc1OCC(=O)OCc1cc(=O)oc2c(C)c(C)ccc12. The number of ether oxygens (including phenoxy) is 3.